The summed E-state index contributed by atoms with van der Waals surface area (Å²) in [5.74, 6) is -0.316. The molecule has 0 fully saturated rings. The van der Waals surface area contributed by atoms with E-state index in [-0.39, 0.29) is 43.3 Å². The molecular weight excluding hydrogens is 339 g/mol. The van der Waals surface area contributed by atoms with Crippen molar-refractivity contribution in [2.75, 3.05) is 0 Å². The van der Waals surface area contributed by atoms with E-state index in [0.29, 0.717) is 0 Å². The Kier molecular flexibility index (Phi) is 4.37. The molecule has 0 spiro atoms. The zero-order valence-electron chi connectivity index (χ0n) is 10.2. The first-order valence-corrected chi connectivity index (χ1v) is 6.66. The van der Waals surface area contributed by atoms with Crippen LogP contribution < -0.4 is 0 Å². The molecule has 0 aliphatic carbocycles. The SMILES string of the molecule is N=C(c1ccc(Cl)c([N+](=O)[O-])c1)c1cc(Cl)cc(Cl)c1O. The highest BCUT2D eigenvalue weighted by atomic mass is 35.5. The summed E-state index contributed by atoms with van der Waals surface area (Å²) < 4.78 is 0. The predicted octanol–water partition coefficient (Wildman–Crippen LogP) is 4.68. The first kappa shape index (κ1) is 15.6. The zero-order valence-corrected chi connectivity index (χ0v) is 12.5. The average molecular weight is 346 g/mol. The van der Waals surface area contributed by atoms with E-state index in [1.54, 1.807) is 0 Å². The molecule has 2 aromatic rings. The van der Waals surface area contributed by atoms with E-state index in [0.717, 1.165) is 6.07 Å². The molecule has 0 amide bonds. The Morgan fingerprint density at radius 3 is 2.43 bits per heavy atom. The summed E-state index contributed by atoms with van der Waals surface area (Å²) >= 11 is 17.4. The number of nitro groups is 1. The molecule has 0 aliphatic rings. The number of phenols is 1. The van der Waals surface area contributed by atoms with Gasteiger partial charge in [-0.1, -0.05) is 40.9 Å². The van der Waals surface area contributed by atoms with Crippen molar-refractivity contribution in [3.8, 4) is 5.75 Å². The molecule has 0 aromatic heterocycles. The molecule has 0 atom stereocenters. The van der Waals surface area contributed by atoms with Crippen LogP contribution in [0.25, 0.3) is 0 Å². The molecule has 8 heteroatoms. The summed E-state index contributed by atoms with van der Waals surface area (Å²) in [4.78, 5) is 10.2. The van der Waals surface area contributed by atoms with Gasteiger partial charge in [-0.25, -0.2) is 0 Å². The van der Waals surface area contributed by atoms with Gasteiger partial charge >= 0.3 is 0 Å². The predicted molar refractivity (Wildman–Crippen MR) is 82.2 cm³/mol. The molecule has 0 aliphatic heterocycles. The van der Waals surface area contributed by atoms with Gasteiger partial charge in [-0.2, -0.15) is 0 Å². The smallest absolute Gasteiger partial charge is 0.288 e. The van der Waals surface area contributed by atoms with Crippen LogP contribution in [-0.2, 0) is 0 Å². The van der Waals surface area contributed by atoms with Crippen molar-refractivity contribution in [1.82, 2.24) is 0 Å². The Morgan fingerprint density at radius 1 is 1.14 bits per heavy atom. The Labute approximate surface area is 134 Å². The number of phenolic OH excluding ortho intramolecular Hbond substituents is 1. The molecule has 0 unspecified atom stereocenters. The number of hydrogen-bond donors (Lipinski definition) is 2. The van der Waals surface area contributed by atoms with Crippen LogP contribution >= 0.6 is 34.8 Å². The second kappa shape index (κ2) is 5.89. The number of nitrogens with one attached hydrogen (secondary N) is 1. The van der Waals surface area contributed by atoms with Crippen LogP contribution in [-0.4, -0.2) is 15.7 Å². The van der Waals surface area contributed by atoms with Gasteiger partial charge < -0.3 is 5.11 Å². The van der Waals surface area contributed by atoms with E-state index in [2.05, 4.69) is 0 Å². The second-order valence-corrected chi connectivity index (χ2v) is 5.33. The van der Waals surface area contributed by atoms with E-state index in [1.807, 2.05) is 0 Å². The fraction of sp³-hybridized carbons (Fsp3) is 0. The monoisotopic (exact) mass is 344 g/mol. The summed E-state index contributed by atoms with van der Waals surface area (Å²) in [5, 5.41) is 29.0. The number of rotatable bonds is 3. The second-order valence-electron chi connectivity index (χ2n) is 4.08. The molecule has 0 bridgehead atoms. The summed E-state index contributed by atoms with van der Waals surface area (Å²) in [6, 6.07) is 6.59. The van der Waals surface area contributed by atoms with Crippen molar-refractivity contribution in [2.45, 2.75) is 0 Å². The zero-order chi connectivity index (χ0) is 15.7. The molecule has 0 radical (unpaired) electrons. The topological polar surface area (TPSA) is 87.2 Å². The molecule has 5 nitrogen and oxygen atoms in total. The van der Waals surface area contributed by atoms with Gasteiger partial charge in [0.1, 0.15) is 10.8 Å². The normalized spacial score (nSPS) is 10.4. The summed E-state index contributed by atoms with van der Waals surface area (Å²) in [7, 11) is 0. The maximum Gasteiger partial charge on any atom is 0.288 e. The molecule has 0 saturated carbocycles. The molecule has 2 rings (SSSR count). The lowest BCUT2D eigenvalue weighted by Crippen LogP contribution is -2.03. The number of nitro benzene ring substituents is 1. The van der Waals surface area contributed by atoms with Crippen molar-refractivity contribution in [2.24, 2.45) is 0 Å². The fourth-order valence-electron chi connectivity index (χ4n) is 1.72. The lowest BCUT2D eigenvalue weighted by Gasteiger charge is -2.09. The number of hydrogen-bond acceptors (Lipinski definition) is 4. The largest absolute Gasteiger partial charge is 0.506 e. The van der Waals surface area contributed by atoms with E-state index >= 15 is 0 Å². The third-order valence-electron chi connectivity index (χ3n) is 2.73. The summed E-state index contributed by atoms with van der Waals surface area (Å²) in [6.45, 7) is 0. The molecule has 21 heavy (non-hydrogen) atoms. The summed E-state index contributed by atoms with van der Waals surface area (Å²) in [6.07, 6.45) is 0. The Bertz CT molecular complexity index is 763. The molecular formula is C13H7Cl3N2O3. The Balaban J connectivity index is 2.55. The van der Waals surface area contributed by atoms with Crippen LogP contribution in [0.5, 0.6) is 5.75 Å². The van der Waals surface area contributed by atoms with Crippen LogP contribution in [0.3, 0.4) is 0 Å². The highest BCUT2D eigenvalue weighted by Gasteiger charge is 2.18. The third kappa shape index (κ3) is 3.10. The van der Waals surface area contributed by atoms with Crippen molar-refractivity contribution in [3.63, 3.8) is 0 Å². The van der Waals surface area contributed by atoms with Crippen molar-refractivity contribution in [3.05, 3.63) is 66.6 Å². The molecule has 0 saturated heterocycles. The van der Waals surface area contributed by atoms with Gasteiger partial charge in [-0.05, 0) is 18.2 Å². The van der Waals surface area contributed by atoms with E-state index in [1.165, 1.54) is 24.3 Å². The van der Waals surface area contributed by atoms with Crippen LogP contribution in [0.15, 0.2) is 30.3 Å². The van der Waals surface area contributed by atoms with Gasteiger partial charge in [0.2, 0.25) is 0 Å². The van der Waals surface area contributed by atoms with Gasteiger partial charge in [0.05, 0.1) is 15.7 Å². The average Bonchev–Trinajstić information content (AvgIpc) is 2.42. The van der Waals surface area contributed by atoms with Gasteiger partial charge in [-0.3, -0.25) is 15.5 Å². The van der Waals surface area contributed by atoms with Gasteiger partial charge in [0.25, 0.3) is 5.69 Å². The van der Waals surface area contributed by atoms with Crippen molar-refractivity contribution < 1.29 is 10.0 Å². The van der Waals surface area contributed by atoms with E-state index in [9.17, 15) is 15.2 Å². The van der Waals surface area contributed by atoms with Gasteiger partial charge in [-0.15, -0.1) is 0 Å². The maximum atomic E-state index is 10.9. The van der Waals surface area contributed by atoms with Crippen LogP contribution in [0.4, 0.5) is 5.69 Å². The van der Waals surface area contributed by atoms with Crippen molar-refractivity contribution in [1.29, 1.82) is 5.41 Å². The van der Waals surface area contributed by atoms with Crippen LogP contribution in [0, 0.1) is 15.5 Å². The fourth-order valence-corrected chi connectivity index (χ4v) is 2.40. The quantitative estimate of drug-likeness (QED) is 0.481. The number of benzene rings is 2. The minimum atomic E-state index is -0.649. The maximum absolute atomic E-state index is 10.9. The van der Waals surface area contributed by atoms with Gasteiger partial charge in [0.15, 0.2) is 0 Å². The molecule has 108 valence electrons. The molecule has 2 N–H and O–H groups in total. The highest BCUT2D eigenvalue weighted by molar-refractivity contribution is 6.37. The molecule has 2 aromatic carbocycles. The van der Waals surface area contributed by atoms with Gasteiger partial charge in [0, 0.05) is 22.2 Å². The number of halogens is 3. The van der Waals surface area contributed by atoms with E-state index < -0.39 is 4.92 Å². The third-order valence-corrected chi connectivity index (χ3v) is 3.55. The van der Waals surface area contributed by atoms with Crippen LogP contribution in [0.2, 0.25) is 15.1 Å². The van der Waals surface area contributed by atoms with Crippen molar-refractivity contribution >= 4 is 46.2 Å². The highest BCUT2D eigenvalue weighted by Crippen LogP contribution is 2.33. The number of nitrogens with zero attached hydrogens (tertiary/aromatic N) is 1. The Hall–Kier alpha value is -1.82. The minimum Gasteiger partial charge on any atom is -0.506 e. The lowest BCUT2D eigenvalue weighted by molar-refractivity contribution is -0.384. The van der Waals surface area contributed by atoms with E-state index in [4.69, 9.17) is 40.2 Å². The lowest BCUT2D eigenvalue weighted by atomic mass is 10.0. The minimum absolute atomic E-state index is 0.00860. The summed E-state index contributed by atoms with van der Waals surface area (Å²) in [5.41, 5.74) is -0.202. The standard InChI is InChI=1S/C13H7Cl3N2O3/c14-7-4-8(13(19)10(16)5-7)12(17)6-1-2-9(15)11(3-6)18(20)21/h1-5,17,19H. The molecule has 0 heterocycles. The van der Waals surface area contributed by atoms with Crippen LogP contribution in [0.1, 0.15) is 11.1 Å². The first-order valence-electron chi connectivity index (χ1n) is 5.52. The number of aromatic hydroxyl groups is 1. The Morgan fingerprint density at radius 2 is 1.81 bits per heavy atom. The first-order chi connectivity index (χ1) is 9.81.